The monoisotopic (exact) mass is 891 g/mol. The van der Waals surface area contributed by atoms with Crippen LogP contribution in [-0.4, -0.2) is 37.2 Å². The van der Waals surface area contributed by atoms with Crippen LogP contribution in [-0.2, 0) is 28.6 Å². The van der Waals surface area contributed by atoms with Crippen molar-refractivity contribution in [2.75, 3.05) is 13.2 Å². The second-order valence-corrected chi connectivity index (χ2v) is 19.8. The molecule has 0 N–H and O–H groups in total. The smallest absolute Gasteiger partial charge is 0.306 e. The zero-order chi connectivity index (χ0) is 45.9. The molecule has 0 amide bonds. The van der Waals surface area contributed by atoms with Crippen molar-refractivity contribution in [3.8, 4) is 0 Å². The molecule has 0 aromatic heterocycles. The highest BCUT2D eigenvalue weighted by Crippen LogP contribution is 2.18. The van der Waals surface area contributed by atoms with Crippen LogP contribution in [0.1, 0.15) is 323 Å². The molecule has 0 saturated heterocycles. The van der Waals surface area contributed by atoms with Crippen LogP contribution in [0.4, 0.5) is 0 Å². The molecule has 0 saturated carbocycles. The van der Waals surface area contributed by atoms with Crippen molar-refractivity contribution in [2.45, 2.75) is 329 Å². The van der Waals surface area contributed by atoms with Gasteiger partial charge in [0.05, 0.1) is 0 Å². The van der Waals surface area contributed by atoms with Gasteiger partial charge in [-0.3, -0.25) is 14.4 Å². The first kappa shape index (κ1) is 61.4. The number of carbonyl (C=O) groups is 3. The van der Waals surface area contributed by atoms with E-state index in [2.05, 4.69) is 27.7 Å². The van der Waals surface area contributed by atoms with E-state index in [1.807, 2.05) is 0 Å². The fraction of sp³-hybridized carbons (Fsp3) is 0.947. The zero-order valence-electron chi connectivity index (χ0n) is 43.0. The Bertz CT molecular complexity index is 951. The maximum Gasteiger partial charge on any atom is 0.306 e. The van der Waals surface area contributed by atoms with Crippen LogP contribution in [0.25, 0.3) is 0 Å². The minimum atomic E-state index is -0.761. The lowest BCUT2D eigenvalue weighted by molar-refractivity contribution is -0.167. The van der Waals surface area contributed by atoms with E-state index in [9.17, 15) is 14.4 Å². The van der Waals surface area contributed by atoms with Crippen molar-refractivity contribution >= 4 is 17.9 Å². The maximum atomic E-state index is 12.8. The zero-order valence-corrected chi connectivity index (χ0v) is 43.0. The molecule has 6 nitrogen and oxygen atoms in total. The van der Waals surface area contributed by atoms with E-state index in [0.29, 0.717) is 19.3 Å². The molecule has 0 spiro atoms. The van der Waals surface area contributed by atoms with Gasteiger partial charge in [0.25, 0.3) is 0 Å². The number of unbranched alkanes of at least 4 members (excludes halogenated alkanes) is 38. The summed E-state index contributed by atoms with van der Waals surface area (Å²) in [5, 5.41) is 0. The molecule has 0 radical (unpaired) electrons. The summed E-state index contributed by atoms with van der Waals surface area (Å²) in [6.45, 7) is 9.09. The van der Waals surface area contributed by atoms with Gasteiger partial charge in [0.1, 0.15) is 13.2 Å². The fourth-order valence-corrected chi connectivity index (χ4v) is 8.72. The summed E-state index contributed by atoms with van der Waals surface area (Å²) >= 11 is 0. The highest BCUT2D eigenvalue weighted by molar-refractivity contribution is 5.71. The van der Waals surface area contributed by atoms with E-state index in [1.165, 1.54) is 218 Å². The minimum absolute atomic E-state index is 0.0619. The van der Waals surface area contributed by atoms with Gasteiger partial charge in [-0.2, -0.15) is 0 Å². The molecule has 0 aliphatic rings. The van der Waals surface area contributed by atoms with E-state index in [-0.39, 0.29) is 31.1 Å². The number of hydrogen-bond acceptors (Lipinski definition) is 6. The molecular weight excluding hydrogens is 781 g/mol. The first-order valence-electron chi connectivity index (χ1n) is 28.4. The van der Waals surface area contributed by atoms with E-state index >= 15 is 0 Å². The number of rotatable bonds is 52. The Balaban J connectivity index is 4.28. The van der Waals surface area contributed by atoms with Crippen molar-refractivity contribution in [1.29, 1.82) is 0 Å². The highest BCUT2D eigenvalue weighted by atomic mass is 16.6. The molecule has 0 aliphatic carbocycles. The van der Waals surface area contributed by atoms with Gasteiger partial charge in [0.2, 0.25) is 0 Å². The van der Waals surface area contributed by atoms with E-state index in [1.54, 1.807) is 0 Å². The molecule has 0 fully saturated rings. The third-order valence-corrected chi connectivity index (χ3v) is 13.4. The summed E-state index contributed by atoms with van der Waals surface area (Å²) in [6, 6.07) is 0. The van der Waals surface area contributed by atoms with E-state index < -0.39 is 6.10 Å². The third kappa shape index (κ3) is 49.7. The largest absolute Gasteiger partial charge is 0.462 e. The van der Waals surface area contributed by atoms with Crippen LogP contribution in [0.3, 0.4) is 0 Å². The van der Waals surface area contributed by atoms with Crippen LogP contribution < -0.4 is 0 Å². The Morgan fingerprint density at radius 3 is 0.825 bits per heavy atom. The topological polar surface area (TPSA) is 78.9 Å². The van der Waals surface area contributed by atoms with Gasteiger partial charge in [0.15, 0.2) is 6.10 Å². The SMILES string of the molecule is CCCCCCCCCCCCCCCCC(=O)OC[C@@H](COC(=O)CCCCCCCCCCCCCCCCC(C)CC)OC(=O)CCCCCCCCCCCCCCC. The molecule has 0 rings (SSSR count). The van der Waals surface area contributed by atoms with Crippen LogP contribution >= 0.6 is 0 Å². The summed E-state index contributed by atoms with van der Waals surface area (Å²) in [5.74, 6) is 0.0594. The van der Waals surface area contributed by atoms with Crippen LogP contribution in [0, 0.1) is 5.92 Å². The average Bonchev–Trinajstić information content (AvgIpc) is 3.28. The Kier molecular flexibility index (Phi) is 50.1. The van der Waals surface area contributed by atoms with Crippen molar-refractivity contribution in [2.24, 2.45) is 5.92 Å². The molecule has 2 atom stereocenters. The highest BCUT2D eigenvalue weighted by Gasteiger charge is 2.19. The van der Waals surface area contributed by atoms with Crippen molar-refractivity contribution in [3.63, 3.8) is 0 Å². The Morgan fingerprint density at radius 1 is 0.317 bits per heavy atom. The third-order valence-electron chi connectivity index (χ3n) is 13.4. The van der Waals surface area contributed by atoms with Gasteiger partial charge >= 0.3 is 17.9 Å². The average molecular weight is 892 g/mol. The fourth-order valence-electron chi connectivity index (χ4n) is 8.72. The molecule has 0 aromatic rings. The molecule has 0 bridgehead atoms. The van der Waals surface area contributed by atoms with Gasteiger partial charge in [-0.1, -0.05) is 285 Å². The van der Waals surface area contributed by atoms with Gasteiger partial charge in [-0.15, -0.1) is 0 Å². The van der Waals surface area contributed by atoms with Gasteiger partial charge in [-0.05, 0) is 25.2 Å². The number of carbonyl (C=O) groups excluding carboxylic acids is 3. The van der Waals surface area contributed by atoms with Gasteiger partial charge in [0, 0.05) is 19.3 Å². The normalized spacial score (nSPS) is 12.4. The molecule has 374 valence electrons. The van der Waals surface area contributed by atoms with Crippen molar-refractivity contribution in [3.05, 3.63) is 0 Å². The predicted octanol–water partition coefficient (Wildman–Crippen LogP) is 18.6. The maximum absolute atomic E-state index is 12.8. The van der Waals surface area contributed by atoms with Crippen LogP contribution in [0.15, 0.2) is 0 Å². The lowest BCUT2D eigenvalue weighted by Gasteiger charge is -2.18. The minimum Gasteiger partial charge on any atom is -0.462 e. The first-order valence-corrected chi connectivity index (χ1v) is 28.4. The molecule has 63 heavy (non-hydrogen) atoms. The molecule has 6 heteroatoms. The summed E-state index contributed by atoms with van der Waals surface area (Å²) in [6.07, 6.45) is 55.1. The summed E-state index contributed by atoms with van der Waals surface area (Å²) in [5.41, 5.74) is 0. The molecule has 0 aromatic carbocycles. The van der Waals surface area contributed by atoms with E-state index in [4.69, 9.17) is 14.2 Å². The second kappa shape index (κ2) is 51.4. The van der Waals surface area contributed by atoms with Crippen molar-refractivity contribution in [1.82, 2.24) is 0 Å². The van der Waals surface area contributed by atoms with Crippen molar-refractivity contribution < 1.29 is 28.6 Å². The van der Waals surface area contributed by atoms with Gasteiger partial charge < -0.3 is 14.2 Å². The quantitative estimate of drug-likeness (QED) is 0.0344. The number of hydrogen-bond donors (Lipinski definition) is 0. The Morgan fingerprint density at radius 2 is 0.556 bits per heavy atom. The molecule has 1 unspecified atom stereocenters. The second-order valence-electron chi connectivity index (χ2n) is 19.8. The van der Waals surface area contributed by atoms with Crippen LogP contribution in [0.2, 0.25) is 0 Å². The predicted molar refractivity (Wildman–Crippen MR) is 270 cm³/mol. The lowest BCUT2D eigenvalue weighted by atomic mass is 9.99. The molecule has 0 heterocycles. The Labute approximate surface area is 393 Å². The standard InChI is InChI=1S/C57H110O6/c1-5-8-10-12-14-16-18-20-25-28-32-36-40-44-48-55(58)61-51-54(63-57(60)50-46-42-38-34-30-23-19-17-15-13-11-9-6-2)52-62-56(59)49-45-41-37-33-29-26-22-21-24-27-31-35-39-43-47-53(4)7-3/h53-54H,5-52H2,1-4H3/t53?,54-/m0/s1. The first-order chi connectivity index (χ1) is 30.9. The van der Waals surface area contributed by atoms with E-state index in [0.717, 1.165) is 63.7 Å². The molecular formula is C57H110O6. The molecule has 0 aliphatic heterocycles. The number of esters is 3. The van der Waals surface area contributed by atoms with Crippen LogP contribution in [0.5, 0.6) is 0 Å². The summed E-state index contributed by atoms with van der Waals surface area (Å²) in [7, 11) is 0. The van der Waals surface area contributed by atoms with Gasteiger partial charge in [-0.25, -0.2) is 0 Å². The number of ether oxygens (including phenoxy) is 3. The Hall–Kier alpha value is -1.59. The lowest BCUT2D eigenvalue weighted by Crippen LogP contribution is -2.30. The summed E-state index contributed by atoms with van der Waals surface area (Å²) < 4.78 is 16.9. The summed E-state index contributed by atoms with van der Waals surface area (Å²) in [4.78, 5) is 38.1.